The Morgan fingerprint density at radius 2 is 2.06 bits per heavy atom. The summed E-state index contributed by atoms with van der Waals surface area (Å²) in [6.07, 6.45) is 4.04. The average molecular weight is 492 g/mol. The van der Waals surface area contributed by atoms with E-state index in [1.807, 2.05) is 13.0 Å². The average Bonchev–Trinajstić information content (AvgIpc) is 3.00. The van der Waals surface area contributed by atoms with Crippen molar-refractivity contribution < 1.29 is 28.6 Å². The van der Waals surface area contributed by atoms with Crippen LogP contribution in [-0.4, -0.2) is 45.9 Å². The van der Waals surface area contributed by atoms with Crippen LogP contribution in [0, 0.1) is 39.9 Å². The van der Waals surface area contributed by atoms with E-state index in [0.29, 0.717) is 24.8 Å². The number of hydrogen-bond acceptors (Lipinski definition) is 6. The summed E-state index contributed by atoms with van der Waals surface area (Å²) in [5, 5.41) is 20.3. The van der Waals surface area contributed by atoms with E-state index in [1.165, 1.54) is 12.2 Å². The summed E-state index contributed by atoms with van der Waals surface area (Å²) in [5.41, 5.74) is -5.14. The van der Waals surface area contributed by atoms with Crippen LogP contribution in [0.5, 0.6) is 0 Å². The number of esters is 1. The normalized spacial score (nSPS) is 44.9. The molecule has 34 heavy (non-hydrogen) atoms. The molecule has 0 aromatic heterocycles. The molecule has 8 atom stereocenters. The van der Waals surface area contributed by atoms with Crippen LogP contribution in [0.2, 0.25) is 0 Å². The zero-order chi connectivity index (χ0) is 25.1. The number of aliphatic hydroxyl groups excluding tert-OH is 1. The molecule has 1 N–H and O–H groups in total. The minimum Gasteiger partial charge on any atom is -0.450 e. The largest absolute Gasteiger partial charge is 0.450 e. The third kappa shape index (κ3) is 3.04. The lowest BCUT2D eigenvalue weighted by Crippen LogP contribution is -2.70. The minimum absolute atomic E-state index is 0.0458. The lowest BCUT2D eigenvalue weighted by atomic mass is 9.44. The lowest BCUT2D eigenvalue weighted by Gasteiger charge is -2.62. The van der Waals surface area contributed by atoms with Crippen molar-refractivity contribution in [2.45, 2.75) is 76.7 Å². The van der Waals surface area contributed by atoms with Crippen molar-refractivity contribution in [2.24, 2.45) is 28.6 Å². The van der Waals surface area contributed by atoms with Gasteiger partial charge in [0.05, 0.1) is 24.5 Å². The molecule has 0 amide bonds. The van der Waals surface area contributed by atoms with Crippen molar-refractivity contribution in [1.82, 2.24) is 0 Å². The smallest absolute Gasteiger partial charge is 0.307 e. The molecule has 4 rings (SSSR count). The first-order valence-corrected chi connectivity index (χ1v) is 12.4. The molecule has 3 saturated carbocycles. The zero-order valence-corrected chi connectivity index (χ0v) is 20.5. The summed E-state index contributed by atoms with van der Waals surface area (Å²) >= 11 is 6.02. The van der Waals surface area contributed by atoms with E-state index >= 15 is 4.39 Å². The number of nitriles is 1. The van der Waals surface area contributed by atoms with Crippen LogP contribution < -0.4 is 0 Å². The van der Waals surface area contributed by atoms with Crippen molar-refractivity contribution in [3.05, 3.63) is 23.8 Å². The van der Waals surface area contributed by atoms with Crippen LogP contribution in [0.1, 0.15) is 59.3 Å². The molecule has 0 unspecified atom stereocenters. The van der Waals surface area contributed by atoms with E-state index in [1.54, 1.807) is 19.9 Å². The quantitative estimate of drug-likeness (QED) is 0.460. The van der Waals surface area contributed by atoms with Crippen LogP contribution in [-0.2, 0) is 19.1 Å². The Kier molecular flexibility index (Phi) is 6.10. The van der Waals surface area contributed by atoms with Crippen molar-refractivity contribution in [3.8, 4) is 6.07 Å². The molecule has 0 radical (unpaired) electrons. The molecule has 6 nitrogen and oxygen atoms in total. The van der Waals surface area contributed by atoms with Gasteiger partial charge in [-0.15, -0.1) is 11.6 Å². The van der Waals surface area contributed by atoms with Gasteiger partial charge in [0.1, 0.15) is 0 Å². The Morgan fingerprint density at radius 3 is 2.71 bits per heavy atom. The van der Waals surface area contributed by atoms with Crippen LogP contribution in [0.4, 0.5) is 4.39 Å². The number of Topliss-reactive ketones (excluding diaryl/α,β-unsaturated/α-hetero) is 1. The molecule has 0 aromatic rings. The SMILES string of the molecule is C[C@H]1C[C@H]2[C@@H]3CCC4=CC(=O)C=C[C@]4(C)[C@@]3(F)[C@@H](O)C[C@]2(C)[C@@]1(OC(=O)CCC#N)C(=O)CCl. The fraction of sp³-hybridized carbons (Fsp3) is 0.692. The molecule has 3 fully saturated rings. The Balaban J connectivity index is 1.81. The first kappa shape index (κ1) is 25.1. The van der Waals surface area contributed by atoms with Gasteiger partial charge in [0.2, 0.25) is 0 Å². The monoisotopic (exact) mass is 491 g/mol. The van der Waals surface area contributed by atoms with Gasteiger partial charge in [-0.05, 0) is 50.7 Å². The number of rotatable bonds is 5. The van der Waals surface area contributed by atoms with E-state index in [4.69, 9.17) is 21.6 Å². The molecule has 8 heteroatoms. The summed E-state index contributed by atoms with van der Waals surface area (Å²) in [6, 6.07) is 1.90. The number of allylic oxidation sites excluding steroid dienone is 4. The second-order valence-corrected chi connectivity index (χ2v) is 11.1. The lowest BCUT2D eigenvalue weighted by molar-refractivity contribution is -0.227. The number of aliphatic hydroxyl groups is 1. The number of carbonyl (C=O) groups excluding carboxylic acids is 3. The van der Waals surface area contributed by atoms with Gasteiger partial charge >= 0.3 is 5.97 Å². The first-order valence-electron chi connectivity index (χ1n) is 11.9. The van der Waals surface area contributed by atoms with Gasteiger partial charge in [-0.2, -0.15) is 5.26 Å². The van der Waals surface area contributed by atoms with Crippen molar-refractivity contribution in [2.75, 3.05) is 5.88 Å². The number of halogens is 2. The topological polar surface area (TPSA) is 104 Å². The van der Waals surface area contributed by atoms with Crippen molar-refractivity contribution in [3.63, 3.8) is 0 Å². The fourth-order valence-electron chi connectivity index (χ4n) is 7.89. The summed E-state index contributed by atoms with van der Waals surface area (Å²) in [6.45, 7) is 5.35. The standard InChI is InChI=1S/C26H31ClFNO5/c1-15-11-19-18-7-6-16-12-17(30)8-9-23(16,2)25(18,28)20(31)13-24(19,3)26(15,21(32)14-27)34-22(33)5-4-10-29/h8-9,12,15,18-20,31H,4-7,11,13-14H2,1-3H3/t15-,18-,19-,20-,23-,24-,25-,26-/m0/s1. The predicted molar refractivity (Wildman–Crippen MR) is 122 cm³/mol. The summed E-state index contributed by atoms with van der Waals surface area (Å²) in [4.78, 5) is 38.1. The number of alkyl halides is 2. The molecular formula is C26H31ClFNO5. The Bertz CT molecular complexity index is 1030. The highest BCUT2D eigenvalue weighted by molar-refractivity contribution is 6.29. The number of hydrogen-bond donors (Lipinski definition) is 1. The van der Waals surface area contributed by atoms with Crippen LogP contribution in [0.3, 0.4) is 0 Å². The maximum atomic E-state index is 17.2. The second-order valence-electron chi connectivity index (χ2n) is 10.8. The van der Waals surface area contributed by atoms with E-state index in [0.717, 1.165) is 0 Å². The highest BCUT2D eigenvalue weighted by Crippen LogP contribution is 2.71. The Labute approximate surface area is 204 Å². The van der Waals surface area contributed by atoms with E-state index in [-0.39, 0.29) is 36.8 Å². The van der Waals surface area contributed by atoms with Gasteiger partial charge in [-0.25, -0.2) is 4.39 Å². The van der Waals surface area contributed by atoms with Gasteiger partial charge in [-0.3, -0.25) is 14.4 Å². The third-order valence-electron chi connectivity index (χ3n) is 9.43. The van der Waals surface area contributed by atoms with E-state index < -0.39 is 51.8 Å². The highest BCUT2D eigenvalue weighted by atomic mass is 35.5. The highest BCUT2D eigenvalue weighted by Gasteiger charge is 2.77. The van der Waals surface area contributed by atoms with E-state index in [9.17, 15) is 19.5 Å². The van der Waals surface area contributed by atoms with Crippen LogP contribution in [0.25, 0.3) is 0 Å². The van der Waals surface area contributed by atoms with Gasteiger partial charge in [0, 0.05) is 29.1 Å². The van der Waals surface area contributed by atoms with Crippen molar-refractivity contribution >= 4 is 29.1 Å². The number of ether oxygens (including phenoxy) is 1. The van der Waals surface area contributed by atoms with Gasteiger partial charge in [0.15, 0.2) is 22.8 Å². The van der Waals surface area contributed by atoms with Crippen LogP contribution in [0.15, 0.2) is 23.8 Å². The molecule has 0 aliphatic heterocycles. The number of nitrogens with zero attached hydrogens (tertiary/aromatic N) is 1. The van der Waals surface area contributed by atoms with Crippen LogP contribution >= 0.6 is 11.6 Å². The zero-order valence-electron chi connectivity index (χ0n) is 19.8. The Morgan fingerprint density at radius 1 is 1.35 bits per heavy atom. The first-order chi connectivity index (χ1) is 15.9. The van der Waals surface area contributed by atoms with E-state index in [2.05, 4.69) is 0 Å². The molecule has 0 saturated heterocycles. The molecule has 0 heterocycles. The molecule has 4 aliphatic carbocycles. The number of fused-ring (bicyclic) bond motifs is 5. The summed E-state index contributed by atoms with van der Waals surface area (Å²) in [7, 11) is 0. The third-order valence-corrected chi connectivity index (χ3v) is 9.68. The molecular weight excluding hydrogens is 461 g/mol. The predicted octanol–water partition coefficient (Wildman–Crippen LogP) is 4.00. The maximum absolute atomic E-state index is 17.2. The Hall–Kier alpha value is -2.04. The number of carbonyl (C=O) groups is 3. The summed E-state index contributed by atoms with van der Waals surface area (Å²) < 4.78 is 23.2. The molecule has 0 bridgehead atoms. The van der Waals surface area contributed by atoms with Gasteiger partial charge in [-0.1, -0.05) is 25.5 Å². The fourth-order valence-corrected chi connectivity index (χ4v) is 8.09. The molecule has 0 spiro atoms. The maximum Gasteiger partial charge on any atom is 0.307 e. The molecule has 184 valence electrons. The van der Waals surface area contributed by atoms with Gasteiger partial charge < -0.3 is 9.84 Å². The van der Waals surface area contributed by atoms with Gasteiger partial charge in [0.25, 0.3) is 0 Å². The minimum atomic E-state index is -2.04. The molecule has 0 aromatic carbocycles. The number of ketones is 2. The molecule has 4 aliphatic rings. The second kappa shape index (κ2) is 8.27. The van der Waals surface area contributed by atoms with Crippen molar-refractivity contribution in [1.29, 1.82) is 5.26 Å². The summed E-state index contributed by atoms with van der Waals surface area (Å²) in [5.74, 6) is -3.09.